The Balaban J connectivity index is 2.23. The van der Waals surface area contributed by atoms with Crippen LogP contribution in [-0.4, -0.2) is 19.0 Å². The Labute approximate surface area is 102 Å². The monoisotopic (exact) mass is 238 g/mol. The van der Waals surface area contributed by atoms with Crippen molar-refractivity contribution in [1.29, 1.82) is 0 Å². The molecule has 0 aliphatic heterocycles. The zero-order chi connectivity index (χ0) is 12.7. The van der Waals surface area contributed by atoms with Gasteiger partial charge in [0, 0.05) is 13.0 Å². The molecule has 1 rings (SSSR count). The summed E-state index contributed by atoms with van der Waals surface area (Å²) in [6.07, 6.45) is 1.27. The summed E-state index contributed by atoms with van der Waals surface area (Å²) >= 11 is 0. The molecule has 0 saturated heterocycles. The maximum Gasteiger partial charge on any atom is 0.162 e. The summed E-state index contributed by atoms with van der Waals surface area (Å²) in [5.41, 5.74) is 0.823. The van der Waals surface area contributed by atoms with E-state index >= 15 is 0 Å². The number of carbonyl (C=O) groups excluding carboxylic acids is 1. The minimum atomic E-state index is -0.283. The zero-order valence-corrected chi connectivity index (χ0v) is 10.4. The van der Waals surface area contributed by atoms with E-state index in [1.807, 2.05) is 0 Å². The summed E-state index contributed by atoms with van der Waals surface area (Å²) in [7, 11) is 0. The van der Waals surface area contributed by atoms with Gasteiger partial charge >= 0.3 is 0 Å². The van der Waals surface area contributed by atoms with Crippen molar-refractivity contribution < 1.29 is 13.9 Å². The fraction of sp³-hybridized carbons (Fsp3) is 0.500. The summed E-state index contributed by atoms with van der Waals surface area (Å²) in [5.74, 6) is 0.331. The van der Waals surface area contributed by atoms with E-state index in [2.05, 4.69) is 13.8 Å². The first-order chi connectivity index (χ1) is 8.08. The van der Waals surface area contributed by atoms with Crippen molar-refractivity contribution in [3.05, 3.63) is 35.6 Å². The predicted molar refractivity (Wildman–Crippen MR) is 65.4 cm³/mol. The fourth-order valence-corrected chi connectivity index (χ4v) is 1.39. The van der Waals surface area contributed by atoms with Crippen molar-refractivity contribution in [2.24, 2.45) is 5.92 Å². The molecule has 1 aromatic rings. The molecule has 1 aromatic carbocycles. The number of benzene rings is 1. The van der Waals surface area contributed by atoms with E-state index in [1.165, 1.54) is 12.1 Å². The fourth-order valence-electron chi connectivity index (χ4n) is 1.39. The normalized spacial score (nSPS) is 10.8. The molecule has 0 saturated carbocycles. The molecule has 0 aromatic heterocycles. The van der Waals surface area contributed by atoms with Crippen molar-refractivity contribution in [2.45, 2.75) is 26.7 Å². The van der Waals surface area contributed by atoms with Crippen LogP contribution >= 0.6 is 0 Å². The average Bonchev–Trinajstić information content (AvgIpc) is 2.27. The highest BCUT2D eigenvalue weighted by Crippen LogP contribution is 2.04. The van der Waals surface area contributed by atoms with Gasteiger partial charge in [-0.2, -0.15) is 0 Å². The highest BCUT2D eigenvalue weighted by Gasteiger charge is 2.04. The standard InChI is InChI=1S/C14H19FO2/c1-11(2)7-8-17-10-14(16)9-12-3-5-13(15)6-4-12/h3-6,11H,7-10H2,1-2H3. The Hall–Kier alpha value is -1.22. The molecule has 0 unspecified atom stereocenters. The van der Waals surface area contributed by atoms with Gasteiger partial charge < -0.3 is 4.74 Å². The highest BCUT2D eigenvalue weighted by atomic mass is 19.1. The van der Waals surface area contributed by atoms with E-state index < -0.39 is 0 Å². The van der Waals surface area contributed by atoms with Gasteiger partial charge in [-0.05, 0) is 30.0 Å². The first-order valence-electron chi connectivity index (χ1n) is 5.92. The number of carbonyl (C=O) groups is 1. The van der Waals surface area contributed by atoms with Crippen molar-refractivity contribution in [3.63, 3.8) is 0 Å². The SMILES string of the molecule is CC(C)CCOCC(=O)Cc1ccc(F)cc1. The van der Waals surface area contributed by atoms with Crippen LogP contribution in [0.15, 0.2) is 24.3 Å². The lowest BCUT2D eigenvalue weighted by molar-refractivity contribution is -0.123. The molecule has 0 atom stereocenters. The summed E-state index contributed by atoms with van der Waals surface area (Å²) in [6, 6.07) is 5.98. The van der Waals surface area contributed by atoms with Crippen LogP contribution in [0, 0.1) is 11.7 Å². The lowest BCUT2D eigenvalue weighted by Crippen LogP contribution is -2.12. The lowest BCUT2D eigenvalue weighted by atomic mass is 10.1. The van der Waals surface area contributed by atoms with Crippen LogP contribution in [-0.2, 0) is 16.0 Å². The molecule has 94 valence electrons. The Morgan fingerprint density at radius 3 is 2.53 bits per heavy atom. The molecule has 0 aliphatic rings. The third kappa shape index (κ3) is 6.17. The van der Waals surface area contributed by atoms with E-state index in [0.717, 1.165) is 12.0 Å². The highest BCUT2D eigenvalue weighted by molar-refractivity contribution is 5.82. The number of Topliss-reactive ketones (excluding diaryl/α,β-unsaturated/α-hetero) is 1. The third-order valence-electron chi connectivity index (χ3n) is 2.42. The molecule has 0 fully saturated rings. The Morgan fingerprint density at radius 1 is 1.29 bits per heavy atom. The molecule has 0 amide bonds. The van der Waals surface area contributed by atoms with Crippen LogP contribution < -0.4 is 0 Å². The Morgan fingerprint density at radius 2 is 1.94 bits per heavy atom. The predicted octanol–water partition coefficient (Wildman–Crippen LogP) is 3.00. The molecule has 0 bridgehead atoms. The van der Waals surface area contributed by atoms with Gasteiger partial charge in [-0.1, -0.05) is 26.0 Å². The number of ether oxygens (including phenoxy) is 1. The van der Waals surface area contributed by atoms with Crippen LogP contribution in [0.2, 0.25) is 0 Å². The van der Waals surface area contributed by atoms with Gasteiger partial charge in [-0.25, -0.2) is 4.39 Å². The molecule has 0 aliphatic carbocycles. The van der Waals surface area contributed by atoms with E-state index in [1.54, 1.807) is 12.1 Å². The zero-order valence-electron chi connectivity index (χ0n) is 10.4. The van der Waals surface area contributed by atoms with E-state index in [9.17, 15) is 9.18 Å². The molecule has 0 heterocycles. The smallest absolute Gasteiger partial charge is 0.162 e. The van der Waals surface area contributed by atoms with Gasteiger partial charge in [0.05, 0.1) is 0 Å². The van der Waals surface area contributed by atoms with Crippen molar-refractivity contribution in [3.8, 4) is 0 Å². The van der Waals surface area contributed by atoms with E-state index in [-0.39, 0.29) is 18.2 Å². The van der Waals surface area contributed by atoms with Crippen molar-refractivity contribution in [1.82, 2.24) is 0 Å². The van der Waals surface area contributed by atoms with Gasteiger partial charge in [-0.15, -0.1) is 0 Å². The molecule has 0 N–H and O–H groups in total. The van der Waals surface area contributed by atoms with Crippen LogP contribution in [0.4, 0.5) is 4.39 Å². The largest absolute Gasteiger partial charge is 0.374 e. The van der Waals surface area contributed by atoms with E-state index in [4.69, 9.17) is 4.74 Å². The van der Waals surface area contributed by atoms with E-state index in [0.29, 0.717) is 18.9 Å². The average molecular weight is 238 g/mol. The van der Waals surface area contributed by atoms with Crippen LogP contribution in [0.5, 0.6) is 0 Å². The minimum absolute atomic E-state index is 0.0281. The molecule has 3 heteroatoms. The first kappa shape index (κ1) is 13.8. The second-order valence-electron chi connectivity index (χ2n) is 4.58. The summed E-state index contributed by atoms with van der Waals surface area (Å²) in [5, 5.41) is 0. The van der Waals surface area contributed by atoms with Gasteiger partial charge in [-0.3, -0.25) is 4.79 Å². The van der Waals surface area contributed by atoms with Crippen LogP contribution in [0.3, 0.4) is 0 Å². The second kappa shape index (κ2) is 7.17. The van der Waals surface area contributed by atoms with Gasteiger partial charge in [0.25, 0.3) is 0 Å². The molecule has 0 radical (unpaired) electrons. The molecule has 2 nitrogen and oxygen atoms in total. The Kier molecular flexibility index (Phi) is 5.84. The quantitative estimate of drug-likeness (QED) is 0.683. The number of ketones is 1. The van der Waals surface area contributed by atoms with Crippen molar-refractivity contribution in [2.75, 3.05) is 13.2 Å². The molecular formula is C14H19FO2. The lowest BCUT2D eigenvalue weighted by Gasteiger charge is -2.06. The first-order valence-corrected chi connectivity index (χ1v) is 5.92. The number of hydrogen-bond acceptors (Lipinski definition) is 2. The number of halogens is 1. The van der Waals surface area contributed by atoms with Gasteiger partial charge in [0.1, 0.15) is 12.4 Å². The summed E-state index contributed by atoms with van der Waals surface area (Å²) < 4.78 is 17.9. The molecule has 17 heavy (non-hydrogen) atoms. The number of hydrogen-bond donors (Lipinski definition) is 0. The Bertz CT molecular complexity index is 344. The topological polar surface area (TPSA) is 26.3 Å². The second-order valence-corrected chi connectivity index (χ2v) is 4.58. The number of rotatable bonds is 7. The van der Waals surface area contributed by atoms with Gasteiger partial charge in [0.15, 0.2) is 5.78 Å². The van der Waals surface area contributed by atoms with Crippen LogP contribution in [0.1, 0.15) is 25.8 Å². The molecular weight excluding hydrogens is 219 g/mol. The minimum Gasteiger partial charge on any atom is -0.374 e. The molecule has 0 spiro atoms. The summed E-state index contributed by atoms with van der Waals surface area (Å²) in [6.45, 7) is 4.99. The maximum atomic E-state index is 12.6. The van der Waals surface area contributed by atoms with Crippen molar-refractivity contribution >= 4 is 5.78 Å². The summed E-state index contributed by atoms with van der Waals surface area (Å²) in [4.78, 5) is 11.5. The van der Waals surface area contributed by atoms with Gasteiger partial charge in [0.2, 0.25) is 0 Å². The maximum absolute atomic E-state index is 12.6. The third-order valence-corrected chi connectivity index (χ3v) is 2.42. The van der Waals surface area contributed by atoms with Crippen LogP contribution in [0.25, 0.3) is 0 Å².